The molecule has 0 aliphatic heterocycles. The minimum atomic E-state index is 0.242. The van der Waals surface area contributed by atoms with Gasteiger partial charge in [0.05, 0.1) is 12.2 Å². The van der Waals surface area contributed by atoms with Gasteiger partial charge in [-0.1, -0.05) is 20.3 Å². The molecule has 0 aromatic heterocycles. The van der Waals surface area contributed by atoms with Gasteiger partial charge in [0.2, 0.25) is 0 Å². The zero-order valence-corrected chi connectivity index (χ0v) is 14.4. The van der Waals surface area contributed by atoms with Crippen LogP contribution in [0, 0.1) is 22.2 Å². The fourth-order valence-corrected chi connectivity index (χ4v) is 7.44. The Morgan fingerprint density at radius 2 is 2.00 bits per heavy atom. The highest BCUT2D eigenvalue weighted by atomic mass is 16.5. The van der Waals surface area contributed by atoms with Crippen LogP contribution in [0.25, 0.3) is 0 Å². The van der Waals surface area contributed by atoms with Crippen molar-refractivity contribution in [2.45, 2.75) is 70.8 Å². The largest absolute Gasteiger partial charge is 0.396 e. The molecule has 5 atom stereocenters. The van der Waals surface area contributed by atoms with E-state index in [9.17, 15) is 0 Å². The second-order valence-electron chi connectivity index (χ2n) is 9.04. The lowest BCUT2D eigenvalue weighted by Gasteiger charge is -2.78. The highest BCUT2D eigenvalue weighted by molar-refractivity contribution is 5.38. The van der Waals surface area contributed by atoms with Gasteiger partial charge in [-0.2, -0.15) is 0 Å². The van der Waals surface area contributed by atoms with E-state index in [1.807, 2.05) is 0 Å². The van der Waals surface area contributed by atoms with Crippen LogP contribution in [0.2, 0.25) is 0 Å². The van der Waals surface area contributed by atoms with Gasteiger partial charge in [-0.25, -0.2) is 0 Å². The van der Waals surface area contributed by atoms with Crippen LogP contribution >= 0.6 is 0 Å². The topological polar surface area (TPSA) is 41.5 Å². The van der Waals surface area contributed by atoms with E-state index in [0.717, 1.165) is 38.5 Å². The third kappa shape index (κ3) is 1.68. The highest BCUT2D eigenvalue weighted by Crippen LogP contribution is 2.91. The van der Waals surface area contributed by atoms with Gasteiger partial charge in [0.1, 0.15) is 0 Å². The van der Waals surface area contributed by atoms with E-state index in [1.165, 1.54) is 38.5 Å². The van der Waals surface area contributed by atoms with Crippen molar-refractivity contribution in [2.75, 3.05) is 26.3 Å². The van der Waals surface area contributed by atoms with E-state index < -0.39 is 0 Å². The lowest BCUT2D eigenvalue weighted by molar-refractivity contribution is -0.353. The molecular formula is C19H33NO2. The highest BCUT2D eigenvalue weighted by Gasteiger charge is 2.88. The molecule has 0 saturated heterocycles. The number of fused-ring (bicyclic) bond motifs is 1. The molecule has 4 aliphatic rings. The average Bonchev–Trinajstić information content (AvgIpc) is 2.94. The van der Waals surface area contributed by atoms with E-state index in [2.05, 4.69) is 19.2 Å². The standard InChI is InChI=1S/C19H33NO2/c1-3-17-11-15-10-16(2)12-18(13-17,19(15,16)14-17)22-9-7-20-6-4-5-8-21/h15,20-21H,3-14H2,1-2H3. The average molecular weight is 307 g/mol. The van der Waals surface area contributed by atoms with Gasteiger partial charge in [-0.05, 0) is 68.2 Å². The van der Waals surface area contributed by atoms with Crippen molar-refractivity contribution in [2.24, 2.45) is 22.2 Å². The monoisotopic (exact) mass is 307 g/mol. The second kappa shape index (κ2) is 4.94. The second-order valence-corrected chi connectivity index (χ2v) is 9.04. The fraction of sp³-hybridized carbons (Fsp3) is 1.00. The van der Waals surface area contributed by atoms with Crippen molar-refractivity contribution in [3.05, 3.63) is 0 Å². The molecular weight excluding hydrogens is 274 g/mol. The van der Waals surface area contributed by atoms with Crippen molar-refractivity contribution < 1.29 is 9.84 Å². The van der Waals surface area contributed by atoms with Crippen molar-refractivity contribution >= 4 is 0 Å². The van der Waals surface area contributed by atoms with Crippen LogP contribution < -0.4 is 5.32 Å². The number of hydrogen-bond donors (Lipinski definition) is 2. The van der Waals surface area contributed by atoms with Gasteiger partial charge >= 0.3 is 0 Å². The normalized spacial score (nSPS) is 50.6. The molecule has 22 heavy (non-hydrogen) atoms. The zero-order chi connectivity index (χ0) is 15.5. The van der Waals surface area contributed by atoms with Crippen LogP contribution in [0.5, 0.6) is 0 Å². The summed E-state index contributed by atoms with van der Waals surface area (Å²) in [5, 5.41) is 12.3. The molecule has 4 fully saturated rings. The van der Waals surface area contributed by atoms with Crippen LogP contribution in [0.15, 0.2) is 0 Å². The van der Waals surface area contributed by atoms with Crippen LogP contribution in [-0.2, 0) is 4.74 Å². The minimum absolute atomic E-state index is 0.242. The smallest absolute Gasteiger partial charge is 0.0757 e. The fourth-order valence-electron chi connectivity index (χ4n) is 7.44. The van der Waals surface area contributed by atoms with E-state index in [1.54, 1.807) is 0 Å². The SMILES string of the molecule is CCC12CC3CC4(C)CC(OCCNCCCCO)(C1)C34C2. The summed E-state index contributed by atoms with van der Waals surface area (Å²) < 4.78 is 6.60. The zero-order valence-electron chi connectivity index (χ0n) is 14.4. The lowest BCUT2D eigenvalue weighted by atomic mass is 9.29. The molecule has 0 aromatic rings. The predicted octanol–water partition coefficient (Wildman–Crippen LogP) is 3.11. The number of nitrogens with one attached hydrogen (secondary N) is 1. The molecule has 1 spiro atoms. The molecule has 3 heteroatoms. The van der Waals surface area contributed by atoms with Crippen LogP contribution in [-0.4, -0.2) is 37.0 Å². The Morgan fingerprint density at radius 1 is 1.14 bits per heavy atom. The Morgan fingerprint density at radius 3 is 2.73 bits per heavy atom. The first-order valence-electron chi connectivity index (χ1n) is 9.51. The number of aliphatic hydroxyl groups is 1. The molecule has 126 valence electrons. The Hall–Kier alpha value is -0.120. The maximum absolute atomic E-state index is 8.79. The lowest BCUT2D eigenvalue weighted by Crippen LogP contribution is -2.77. The maximum Gasteiger partial charge on any atom is 0.0757 e. The molecule has 0 radical (unpaired) electrons. The Balaban J connectivity index is 1.33. The number of aliphatic hydroxyl groups excluding tert-OH is 1. The number of rotatable bonds is 9. The first-order valence-corrected chi connectivity index (χ1v) is 9.51. The molecule has 5 unspecified atom stereocenters. The molecule has 4 aliphatic carbocycles. The molecule has 0 heterocycles. The number of ether oxygens (including phenoxy) is 1. The molecule has 4 saturated carbocycles. The Labute approximate surface area is 135 Å². The molecule has 4 rings (SSSR count). The summed E-state index contributed by atoms with van der Waals surface area (Å²) >= 11 is 0. The van der Waals surface area contributed by atoms with Gasteiger partial charge in [0.25, 0.3) is 0 Å². The van der Waals surface area contributed by atoms with Gasteiger partial charge in [0.15, 0.2) is 0 Å². The molecule has 0 aromatic carbocycles. The summed E-state index contributed by atoms with van der Waals surface area (Å²) in [6.07, 6.45) is 10.4. The molecule has 2 N–H and O–H groups in total. The van der Waals surface area contributed by atoms with Gasteiger partial charge in [-0.3, -0.25) is 0 Å². The van der Waals surface area contributed by atoms with E-state index in [4.69, 9.17) is 9.84 Å². The van der Waals surface area contributed by atoms with Gasteiger partial charge < -0.3 is 15.2 Å². The Bertz CT molecular complexity index is 455. The predicted molar refractivity (Wildman–Crippen MR) is 87.7 cm³/mol. The Kier molecular flexibility index (Phi) is 3.46. The van der Waals surface area contributed by atoms with Crippen LogP contribution in [0.1, 0.15) is 65.2 Å². The molecule has 0 amide bonds. The van der Waals surface area contributed by atoms with Gasteiger partial charge in [-0.15, -0.1) is 0 Å². The van der Waals surface area contributed by atoms with Crippen molar-refractivity contribution in [3.8, 4) is 0 Å². The van der Waals surface area contributed by atoms with Crippen molar-refractivity contribution in [1.82, 2.24) is 5.32 Å². The maximum atomic E-state index is 8.79. The van der Waals surface area contributed by atoms with Crippen LogP contribution in [0.3, 0.4) is 0 Å². The summed E-state index contributed by atoms with van der Waals surface area (Å²) in [5.41, 5.74) is 2.03. The summed E-state index contributed by atoms with van der Waals surface area (Å²) in [4.78, 5) is 0. The molecule has 2 bridgehead atoms. The third-order valence-corrected chi connectivity index (χ3v) is 8.12. The first kappa shape index (κ1) is 15.4. The summed E-state index contributed by atoms with van der Waals surface area (Å²) in [6.45, 7) is 8.08. The van der Waals surface area contributed by atoms with Gasteiger partial charge in [0, 0.05) is 18.6 Å². The number of hydrogen-bond acceptors (Lipinski definition) is 3. The van der Waals surface area contributed by atoms with Crippen molar-refractivity contribution in [1.29, 1.82) is 0 Å². The molecule has 3 nitrogen and oxygen atoms in total. The summed E-state index contributed by atoms with van der Waals surface area (Å²) in [7, 11) is 0. The van der Waals surface area contributed by atoms with Crippen LogP contribution in [0.4, 0.5) is 0 Å². The summed E-state index contributed by atoms with van der Waals surface area (Å²) in [5.74, 6) is 0.970. The van der Waals surface area contributed by atoms with E-state index >= 15 is 0 Å². The quantitative estimate of drug-likeness (QED) is 0.643. The summed E-state index contributed by atoms with van der Waals surface area (Å²) in [6, 6.07) is 0. The van der Waals surface area contributed by atoms with E-state index in [-0.39, 0.29) is 5.60 Å². The minimum Gasteiger partial charge on any atom is -0.396 e. The third-order valence-electron chi connectivity index (χ3n) is 8.12. The first-order chi connectivity index (χ1) is 10.6. The number of unbranched alkanes of at least 4 members (excludes halogenated alkanes) is 1. The van der Waals surface area contributed by atoms with E-state index in [0.29, 0.717) is 22.9 Å². The van der Waals surface area contributed by atoms with Crippen molar-refractivity contribution in [3.63, 3.8) is 0 Å².